The Morgan fingerprint density at radius 3 is 2.68 bits per heavy atom. The van der Waals surface area contributed by atoms with E-state index in [2.05, 4.69) is 25.5 Å². The van der Waals surface area contributed by atoms with Gasteiger partial charge in [0.1, 0.15) is 17.9 Å². The molecule has 0 aliphatic heterocycles. The maximum absolute atomic E-state index is 12.6. The molecule has 0 radical (unpaired) electrons. The monoisotopic (exact) mass is 473 g/mol. The predicted octanol–water partition coefficient (Wildman–Crippen LogP) is 4.29. The van der Waals surface area contributed by atoms with E-state index in [-0.39, 0.29) is 12.5 Å². The molecule has 0 aliphatic rings. The molecule has 170 valence electrons. The molecule has 5 aromatic rings. The van der Waals surface area contributed by atoms with Crippen LogP contribution in [0.1, 0.15) is 11.3 Å². The number of benzene rings is 2. The predicted molar refractivity (Wildman–Crippen MR) is 129 cm³/mol. The molecular formula is C24H20ClN7O2. The van der Waals surface area contributed by atoms with Crippen molar-refractivity contribution in [2.75, 3.05) is 11.9 Å². The first-order chi connectivity index (χ1) is 16.5. The molecule has 0 unspecified atom stereocenters. The van der Waals surface area contributed by atoms with Crippen LogP contribution in [0.3, 0.4) is 0 Å². The lowest BCUT2D eigenvalue weighted by Crippen LogP contribution is -2.22. The average Bonchev–Trinajstić information content (AvgIpc) is 3.42. The van der Waals surface area contributed by atoms with Crippen molar-refractivity contribution in [1.82, 2.24) is 29.5 Å². The first-order valence-corrected chi connectivity index (χ1v) is 10.9. The lowest BCUT2D eigenvalue weighted by Gasteiger charge is -2.10. The average molecular weight is 474 g/mol. The Kier molecular flexibility index (Phi) is 5.69. The van der Waals surface area contributed by atoms with Gasteiger partial charge in [-0.05, 0) is 44.2 Å². The van der Waals surface area contributed by atoms with Gasteiger partial charge >= 0.3 is 0 Å². The molecule has 10 heteroatoms. The van der Waals surface area contributed by atoms with Gasteiger partial charge in [0, 0.05) is 11.1 Å². The molecule has 0 saturated carbocycles. The normalized spacial score (nSPS) is 11.0. The van der Waals surface area contributed by atoms with Crippen molar-refractivity contribution in [3.63, 3.8) is 0 Å². The summed E-state index contributed by atoms with van der Waals surface area (Å²) in [6, 6.07) is 16.6. The van der Waals surface area contributed by atoms with Gasteiger partial charge in [0.05, 0.1) is 23.0 Å². The van der Waals surface area contributed by atoms with Crippen molar-refractivity contribution < 1.29 is 9.53 Å². The number of aromatic nitrogens is 6. The number of aryl methyl sites for hydroxylation is 2. The fraction of sp³-hybridized carbons (Fsp3) is 0.125. The van der Waals surface area contributed by atoms with Crippen LogP contribution in [0.2, 0.25) is 5.02 Å². The SMILES string of the molecule is Cc1ccc(OCC(=O)Nc2cc(C)nn2-c2ncnc3c2cnn3-c2cccc(Cl)c2)cc1. The van der Waals surface area contributed by atoms with E-state index in [1.807, 2.05) is 50.2 Å². The molecule has 1 N–H and O–H groups in total. The minimum Gasteiger partial charge on any atom is -0.484 e. The Hall–Kier alpha value is -4.24. The largest absolute Gasteiger partial charge is 0.484 e. The topological polar surface area (TPSA) is 99.8 Å². The lowest BCUT2D eigenvalue weighted by molar-refractivity contribution is -0.118. The van der Waals surface area contributed by atoms with Crippen molar-refractivity contribution in [2.45, 2.75) is 13.8 Å². The quantitative estimate of drug-likeness (QED) is 0.395. The van der Waals surface area contributed by atoms with Crippen LogP contribution in [-0.2, 0) is 4.79 Å². The highest BCUT2D eigenvalue weighted by Gasteiger charge is 2.18. The van der Waals surface area contributed by atoms with Gasteiger partial charge in [0.15, 0.2) is 18.1 Å². The van der Waals surface area contributed by atoms with Gasteiger partial charge in [-0.25, -0.2) is 14.6 Å². The van der Waals surface area contributed by atoms with Crippen molar-refractivity contribution in [3.8, 4) is 17.3 Å². The standard InChI is InChI=1S/C24H20ClN7O2/c1-15-6-8-19(9-7-15)34-13-22(33)29-21-10-16(2)30-32(21)24-20-12-28-31(23(20)26-14-27-24)18-5-3-4-17(25)11-18/h3-12,14H,13H2,1-2H3,(H,29,33). The summed E-state index contributed by atoms with van der Waals surface area (Å²) in [4.78, 5) is 21.4. The maximum atomic E-state index is 12.6. The van der Waals surface area contributed by atoms with Gasteiger partial charge in [0.25, 0.3) is 5.91 Å². The number of ether oxygens (including phenoxy) is 1. The summed E-state index contributed by atoms with van der Waals surface area (Å²) in [5, 5.41) is 13.1. The summed E-state index contributed by atoms with van der Waals surface area (Å²) in [6.45, 7) is 3.69. The van der Waals surface area contributed by atoms with Crippen molar-refractivity contribution in [3.05, 3.63) is 83.4 Å². The van der Waals surface area contributed by atoms with Gasteiger partial charge in [-0.2, -0.15) is 14.9 Å². The summed E-state index contributed by atoms with van der Waals surface area (Å²) in [6.07, 6.45) is 3.10. The van der Waals surface area contributed by atoms with Gasteiger partial charge < -0.3 is 10.1 Å². The number of anilines is 1. The second-order valence-electron chi connectivity index (χ2n) is 7.70. The number of hydrogen-bond acceptors (Lipinski definition) is 6. The highest BCUT2D eigenvalue weighted by atomic mass is 35.5. The van der Waals surface area contributed by atoms with E-state index in [1.54, 1.807) is 33.8 Å². The molecule has 0 saturated heterocycles. The van der Waals surface area contributed by atoms with Crippen molar-refractivity contribution in [1.29, 1.82) is 0 Å². The Morgan fingerprint density at radius 1 is 1.06 bits per heavy atom. The zero-order valence-electron chi connectivity index (χ0n) is 18.4. The van der Waals surface area contributed by atoms with E-state index in [4.69, 9.17) is 16.3 Å². The summed E-state index contributed by atoms with van der Waals surface area (Å²) in [5.74, 6) is 1.25. The number of hydrogen-bond donors (Lipinski definition) is 1. The van der Waals surface area contributed by atoms with Crippen LogP contribution in [0, 0.1) is 13.8 Å². The molecule has 0 fully saturated rings. The number of amides is 1. The molecule has 0 spiro atoms. The number of halogens is 1. The Bertz CT molecular complexity index is 1490. The summed E-state index contributed by atoms with van der Waals surface area (Å²) >= 11 is 6.15. The number of fused-ring (bicyclic) bond motifs is 1. The Morgan fingerprint density at radius 2 is 1.88 bits per heavy atom. The van der Waals surface area contributed by atoms with E-state index < -0.39 is 0 Å². The number of rotatable bonds is 6. The molecule has 5 rings (SSSR count). The molecule has 1 amide bonds. The van der Waals surface area contributed by atoms with Crippen LogP contribution in [0.4, 0.5) is 5.82 Å². The highest BCUT2D eigenvalue weighted by Crippen LogP contribution is 2.25. The third-order valence-corrected chi connectivity index (χ3v) is 5.32. The lowest BCUT2D eigenvalue weighted by atomic mass is 10.2. The first-order valence-electron chi connectivity index (χ1n) is 10.5. The van der Waals surface area contributed by atoms with Crippen molar-refractivity contribution >= 4 is 34.4 Å². The summed E-state index contributed by atoms with van der Waals surface area (Å²) < 4.78 is 8.83. The molecule has 0 aliphatic carbocycles. The molecule has 34 heavy (non-hydrogen) atoms. The third-order valence-electron chi connectivity index (χ3n) is 5.09. The molecule has 3 aromatic heterocycles. The van der Waals surface area contributed by atoms with Gasteiger partial charge in [0.2, 0.25) is 0 Å². The Labute approximate surface area is 200 Å². The van der Waals surface area contributed by atoms with Gasteiger partial charge in [-0.15, -0.1) is 0 Å². The highest BCUT2D eigenvalue weighted by molar-refractivity contribution is 6.30. The fourth-order valence-corrected chi connectivity index (χ4v) is 3.69. The third kappa shape index (κ3) is 4.33. The smallest absolute Gasteiger partial charge is 0.263 e. The molecule has 0 bridgehead atoms. The minimum absolute atomic E-state index is 0.140. The molecular weight excluding hydrogens is 454 g/mol. The van der Waals surface area contributed by atoms with Crippen LogP contribution < -0.4 is 10.1 Å². The van der Waals surface area contributed by atoms with Gasteiger partial charge in [-0.3, -0.25) is 4.79 Å². The van der Waals surface area contributed by atoms with Crippen LogP contribution in [0.25, 0.3) is 22.5 Å². The molecule has 2 aromatic carbocycles. The first kappa shape index (κ1) is 21.6. The molecule has 0 atom stereocenters. The number of carbonyl (C=O) groups excluding carboxylic acids is 1. The van der Waals surface area contributed by atoms with E-state index in [9.17, 15) is 4.79 Å². The maximum Gasteiger partial charge on any atom is 0.263 e. The van der Waals surface area contributed by atoms with Gasteiger partial charge in [-0.1, -0.05) is 35.4 Å². The minimum atomic E-state index is -0.318. The van der Waals surface area contributed by atoms with Crippen molar-refractivity contribution in [2.24, 2.45) is 0 Å². The zero-order chi connectivity index (χ0) is 23.7. The van der Waals surface area contributed by atoms with Crippen LogP contribution >= 0.6 is 11.6 Å². The van der Waals surface area contributed by atoms with E-state index in [0.717, 1.165) is 11.3 Å². The number of nitrogens with one attached hydrogen (secondary N) is 1. The second kappa shape index (κ2) is 8.95. The summed E-state index contributed by atoms with van der Waals surface area (Å²) in [5.41, 5.74) is 3.18. The van der Waals surface area contributed by atoms with Crippen LogP contribution in [-0.4, -0.2) is 42.0 Å². The Balaban J connectivity index is 1.43. The van der Waals surface area contributed by atoms with E-state index in [1.165, 1.54) is 6.33 Å². The zero-order valence-corrected chi connectivity index (χ0v) is 19.2. The number of carbonyl (C=O) groups is 1. The van der Waals surface area contributed by atoms with E-state index >= 15 is 0 Å². The van der Waals surface area contributed by atoms with E-state index in [0.29, 0.717) is 39.1 Å². The van der Waals surface area contributed by atoms with Crippen LogP contribution in [0.5, 0.6) is 5.75 Å². The molecule has 9 nitrogen and oxygen atoms in total. The fourth-order valence-electron chi connectivity index (χ4n) is 3.51. The van der Waals surface area contributed by atoms with Crippen LogP contribution in [0.15, 0.2) is 67.1 Å². The number of nitrogens with zero attached hydrogens (tertiary/aromatic N) is 6. The second-order valence-corrected chi connectivity index (χ2v) is 8.14. The molecule has 3 heterocycles. The summed E-state index contributed by atoms with van der Waals surface area (Å²) in [7, 11) is 0.